The van der Waals surface area contributed by atoms with Gasteiger partial charge in [-0.3, -0.25) is 14.6 Å². The summed E-state index contributed by atoms with van der Waals surface area (Å²) in [7, 11) is 0. The molecule has 0 unspecified atom stereocenters. The van der Waals surface area contributed by atoms with Crippen molar-refractivity contribution < 1.29 is 14.3 Å². The van der Waals surface area contributed by atoms with Gasteiger partial charge in [-0.2, -0.15) is 0 Å². The number of anilines is 1. The number of carbonyl (C=O) groups is 2. The molecule has 0 atom stereocenters. The number of ether oxygens (including phenoxy) is 1. The molecule has 1 fully saturated rings. The van der Waals surface area contributed by atoms with Gasteiger partial charge in [0.25, 0.3) is 11.8 Å². The van der Waals surface area contributed by atoms with Gasteiger partial charge in [0.05, 0.1) is 5.69 Å². The molecule has 3 rings (SSSR count). The Morgan fingerprint density at radius 1 is 0.905 bits per heavy atom. The molecule has 2 aromatic rings. The number of carbonyl (C=O) groups excluding carboxylic acids is 2. The number of rotatable bonds is 3. The van der Waals surface area contributed by atoms with E-state index in [2.05, 4.69) is 4.98 Å². The van der Waals surface area contributed by atoms with Gasteiger partial charge < -0.3 is 4.74 Å². The van der Waals surface area contributed by atoms with Crippen molar-refractivity contribution >= 4 is 17.5 Å². The molecule has 0 spiro atoms. The summed E-state index contributed by atoms with van der Waals surface area (Å²) >= 11 is 0. The van der Waals surface area contributed by atoms with Gasteiger partial charge >= 0.3 is 0 Å². The van der Waals surface area contributed by atoms with Crippen LogP contribution in [-0.2, 0) is 20.7 Å². The number of hydrogen-bond donors (Lipinski definition) is 0. The second kappa shape index (κ2) is 5.85. The molecule has 21 heavy (non-hydrogen) atoms. The fourth-order valence-corrected chi connectivity index (χ4v) is 2.28. The van der Waals surface area contributed by atoms with E-state index in [1.54, 1.807) is 24.5 Å². The van der Waals surface area contributed by atoms with Crippen LogP contribution in [0.15, 0.2) is 48.8 Å². The first-order valence-electron chi connectivity index (χ1n) is 6.65. The van der Waals surface area contributed by atoms with Crippen molar-refractivity contribution in [2.45, 2.75) is 6.42 Å². The molecule has 0 saturated carbocycles. The number of aromatic nitrogens is 1. The lowest BCUT2D eigenvalue weighted by atomic mass is 10.1. The molecule has 1 aromatic carbocycles. The Kier molecular flexibility index (Phi) is 3.75. The van der Waals surface area contributed by atoms with Gasteiger partial charge in [-0.15, -0.1) is 0 Å². The van der Waals surface area contributed by atoms with Crippen molar-refractivity contribution in [3.05, 3.63) is 59.9 Å². The molecular weight excluding hydrogens is 268 g/mol. The zero-order valence-electron chi connectivity index (χ0n) is 11.4. The Morgan fingerprint density at radius 3 is 2.10 bits per heavy atom. The average molecular weight is 282 g/mol. The maximum absolute atomic E-state index is 11.8. The molecule has 106 valence electrons. The topological polar surface area (TPSA) is 59.5 Å². The average Bonchev–Trinajstić information content (AvgIpc) is 2.50. The molecule has 2 heterocycles. The third-order valence-corrected chi connectivity index (χ3v) is 3.30. The molecule has 5 nitrogen and oxygen atoms in total. The van der Waals surface area contributed by atoms with E-state index in [0.717, 1.165) is 17.5 Å². The summed E-state index contributed by atoms with van der Waals surface area (Å²) < 4.78 is 4.90. The number of pyridine rings is 1. The lowest BCUT2D eigenvalue weighted by molar-refractivity contribution is -0.138. The molecule has 1 aliphatic heterocycles. The van der Waals surface area contributed by atoms with E-state index >= 15 is 0 Å². The number of nitrogens with zero attached hydrogens (tertiary/aromatic N) is 2. The molecule has 1 aliphatic rings. The van der Waals surface area contributed by atoms with Crippen molar-refractivity contribution in [2.75, 3.05) is 18.1 Å². The van der Waals surface area contributed by atoms with E-state index in [9.17, 15) is 9.59 Å². The summed E-state index contributed by atoms with van der Waals surface area (Å²) in [5.41, 5.74) is 2.86. The van der Waals surface area contributed by atoms with Crippen molar-refractivity contribution in [2.24, 2.45) is 0 Å². The maximum Gasteiger partial charge on any atom is 0.259 e. The van der Waals surface area contributed by atoms with Crippen molar-refractivity contribution in [1.82, 2.24) is 4.98 Å². The van der Waals surface area contributed by atoms with E-state index in [0.29, 0.717) is 5.69 Å². The van der Waals surface area contributed by atoms with E-state index < -0.39 is 0 Å². The Bertz CT molecular complexity index is 637. The highest BCUT2D eigenvalue weighted by molar-refractivity contribution is 6.16. The fourth-order valence-electron chi connectivity index (χ4n) is 2.28. The molecule has 5 heteroatoms. The highest BCUT2D eigenvalue weighted by Gasteiger charge is 2.27. The molecule has 1 aromatic heterocycles. The minimum Gasteiger partial charge on any atom is -0.362 e. The van der Waals surface area contributed by atoms with E-state index in [1.165, 1.54) is 4.90 Å². The summed E-state index contributed by atoms with van der Waals surface area (Å²) in [5.74, 6) is -0.652. The van der Waals surface area contributed by atoms with Gasteiger partial charge in [-0.05, 0) is 41.8 Å². The Morgan fingerprint density at radius 2 is 1.48 bits per heavy atom. The van der Waals surface area contributed by atoms with Gasteiger partial charge in [0.2, 0.25) is 0 Å². The number of hydrogen-bond acceptors (Lipinski definition) is 4. The zero-order valence-corrected chi connectivity index (χ0v) is 11.4. The van der Waals surface area contributed by atoms with Crippen LogP contribution in [0, 0.1) is 0 Å². The Hall–Kier alpha value is -2.53. The third kappa shape index (κ3) is 2.98. The molecule has 0 aliphatic carbocycles. The van der Waals surface area contributed by atoms with Crippen LogP contribution in [-0.4, -0.2) is 30.0 Å². The third-order valence-electron chi connectivity index (χ3n) is 3.30. The molecule has 1 saturated heterocycles. The normalized spacial score (nSPS) is 15.3. The molecule has 0 bridgehead atoms. The summed E-state index contributed by atoms with van der Waals surface area (Å²) in [5, 5.41) is 0. The van der Waals surface area contributed by atoms with E-state index in [1.807, 2.05) is 24.3 Å². The standard InChI is InChI=1S/C16H14N2O3/c19-15-10-21-11-16(20)18(15)14-3-1-12(2-4-14)9-13-5-7-17-8-6-13/h1-8H,9-11H2. The second-order valence-corrected chi connectivity index (χ2v) is 4.81. The summed E-state index contributed by atoms with van der Waals surface area (Å²) in [6, 6.07) is 11.3. The van der Waals surface area contributed by atoms with E-state index in [4.69, 9.17) is 4.74 Å². The second-order valence-electron chi connectivity index (χ2n) is 4.81. The lowest BCUT2D eigenvalue weighted by Crippen LogP contribution is -2.46. The largest absolute Gasteiger partial charge is 0.362 e. The predicted octanol–water partition coefficient (Wildman–Crippen LogP) is 1.56. The molecule has 0 N–H and O–H groups in total. The maximum atomic E-state index is 11.8. The highest BCUT2D eigenvalue weighted by atomic mass is 16.5. The first kappa shape index (κ1) is 13.5. The first-order chi connectivity index (χ1) is 10.2. The summed E-state index contributed by atoms with van der Waals surface area (Å²) in [6.07, 6.45) is 4.30. The Balaban J connectivity index is 1.77. The highest BCUT2D eigenvalue weighted by Crippen LogP contribution is 2.19. The van der Waals surface area contributed by atoms with Gasteiger partial charge in [-0.1, -0.05) is 12.1 Å². The van der Waals surface area contributed by atoms with Crippen LogP contribution >= 0.6 is 0 Å². The first-order valence-corrected chi connectivity index (χ1v) is 6.65. The molecule has 0 radical (unpaired) electrons. The number of benzene rings is 1. The van der Waals surface area contributed by atoms with Gasteiger partial charge in [0, 0.05) is 12.4 Å². The van der Waals surface area contributed by atoms with Crippen LogP contribution in [0.4, 0.5) is 5.69 Å². The van der Waals surface area contributed by atoms with Crippen molar-refractivity contribution in [1.29, 1.82) is 0 Å². The van der Waals surface area contributed by atoms with Crippen LogP contribution in [0.5, 0.6) is 0 Å². The smallest absolute Gasteiger partial charge is 0.259 e. The molecule has 2 amide bonds. The van der Waals surface area contributed by atoms with Crippen LogP contribution in [0.25, 0.3) is 0 Å². The van der Waals surface area contributed by atoms with Crippen LogP contribution in [0.3, 0.4) is 0 Å². The van der Waals surface area contributed by atoms with Gasteiger partial charge in [0.1, 0.15) is 13.2 Å². The zero-order chi connectivity index (χ0) is 14.7. The predicted molar refractivity (Wildman–Crippen MR) is 76.8 cm³/mol. The fraction of sp³-hybridized carbons (Fsp3) is 0.188. The SMILES string of the molecule is O=C1COCC(=O)N1c1ccc(Cc2ccncc2)cc1. The van der Waals surface area contributed by atoms with Crippen molar-refractivity contribution in [3.63, 3.8) is 0 Å². The van der Waals surface area contributed by atoms with E-state index in [-0.39, 0.29) is 25.0 Å². The quantitative estimate of drug-likeness (QED) is 0.802. The molecular formula is C16H14N2O3. The number of morpholine rings is 1. The van der Waals surface area contributed by atoms with Crippen LogP contribution in [0.2, 0.25) is 0 Å². The van der Waals surface area contributed by atoms with Crippen LogP contribution < -0.4 is 4.90 Å². The summed E-state index contributed by atoms with van der Waals surface area (Å²) in [6.45, 7) is -0.102. The minimum absolute atomic E-state index is 0.0511. The monoisotopic (exact) mass is 282 g/mol. The van der Waals surface area contributed by atoms with Gasteiger partial charge in [-0.25, -0.2) is 4.90 Å². The number of amides is 2. The lowest BCUT2D eigenvalue weighted by Gasteiger charge is -2.25. The minimum atomic E-state index is -0.326. The van der Waals surface area contributed by atoms with Crippen LogP contribution in [0.1, 0.15) is 11.1 Å². The Labute approximate surface area is 122 Å². The van der Waals surface area contributed by atoms with Gasteiger partial charge in [0.15, 0.2) is 0 Å². The number of imide groups is 1. The van der Waals surface area contributed by atoms with Crippen molar-refractivity contribution in [3.8, 4) is 0 Å². The summed E-state index contributed by atoms with van der Waals surface area (Å²) in [4.78, 5) is 28.7.